The molecule has 4 amide bonds. The molecule has 1 aromatic heterocycles. The van der Waals surface area contributed by atoms with Crippen molar-refractivity contribution in [2.45, 2.75) is 24.8 Å². The first-order valence-electron chi connectivity index (χ1n) is 11.5. The largest absolute Gasteiger partial charge is 0.367 e. The van der Waals surface area contributed by atoms with Crippen molar-refractivity contribution in [1.82, 2.24) is 15.6 Å². The first kappa shape index (κ1) is 23.4. The van der Waals surface area contributed by atoms with Gasteiger partial charge in [0.05, 0.1) is 12.0 Å². The van der Waals surface area contributed by atoms with Gasteiger partial charge in [0.2, 0.25) is 11.8 Å². The minimum absolute atomic E-state index is 0.0324. The number of pyridine rings is 1. The number of rotatable bonds is 5. The van der Waals surface area contributed by atoms with E-state index in [2.05, 4.69) is 20.9 Å². The van der Waals surface area contributed by atoms with E-state index in [1.54, 1.807) is 17.2 Å². The Hall–Kier alpha value is -4.34. The van der Waals surface area contributed by atoms with E-state index in [0.29, 0.717) is 24.6 Å². The zero-order chi connectivity index (χ0) is 25.2. The van der Waals surface area contributed by atoms with Crippen LogP contribution in [0.3, 0.4) is 0 Å². The zero-order valence-electron chi connectivity index (χ0n) is 19.1. The molecule has 2 aliphatic rings. The quantitative estimate of drug-likeness (QED) is 0.474. The fraction of sp³-hybridized carbons (Fsp3) is 0.231. The maximum Gasteiger partial charge on any atom is 0.320 e. The van der Waals surface area contributed by atoms with Crippen LogP contribution in [0.15, 0.2) is 60.8 Å². The van der Waals surface area contributed by atoms with Crippen LogP contribution in [-0.2, 0) is 9.59 Å². The molecule has 184 valence electrons. The highest BCUT2D eigenvalue weighted by molar-refractivity contribution is 6.01. The molecule has 0 saturated carbocycles. The summed E-state index contributed by atoms with van der Waals surface area (Å²) in [5.74, 6) is -3.45. The third kappa shape index (κ3) is 4.88. The number of hydrogen-bond acceptors (Lipinski definition) is 5. The van der Waals surface area contributed by atoms with Crippen LogP contribution in [0.1, 0.15) is 24.3 Å². The minimum Gasteiger partial charge on any atom is -0.367 e. The predicted octanol–water partition coefficient (Wildman–Crippen LogP) is 3.56. The van der Waals surface area contributed by atoms with Crippen LogP contribution in [-0.4, -0.2) is 42.0 Å². The third-order valence-electron chi connectivity index (χ3n) is 6.34. The van der Waals surface area contributed by atoms with Crippen LogP contribution >= 0.6 is 0 Å². The summed E-state index contributed by atoms with van der Waals surface area (Å²) in [6.07, 6.45) is 1.71. The lowest BCUT2D eigenvalue weighted by atomic mass is 9.89. The van der Waals surface area contributed by atoms with Crippen molar-refractivity contribution in [2.24, 2.45) is 0 Å². The number of nitrogens with one attached hydrogen (secondary N) is 3. The van der Waals surface area contributed by atoms with Crippen molar-refractivity contribution in [2.75, 3.05) is 23.3 Å². The summed E-state index contributed by atoms with van der Waals surface area (Å²) in [6.45, 7) is 0.725. The number of amides is 4. The summed E-state index contributed by atoms with van der Waals surface area (Å²) >= 11 is 0. The maximum atomic E-state index is 14.8. The van der Waals surface area contributed by atoms with E-state index in [0.717, 1.165) is 11.1 Å². The Kier molecular flexibility index (Phi) is 6.32. The van der Waals surface area contributed by atoms with Gasteiger partial charge >= 0.3 is 6.03 Å². The highest BCUT2D eigenvalue weighted by Crippen LogP contribution is 2.33. The molecule has 2 aliphatic heterocycles. The second-order valence-electron chi connectivity index (χ2n) is 8.82. The first-order chi connectivity index (χ1) is 17.4. The van der Waals surface area contributed by atoms with Crippen molar-refractivity contribution < 1.29 is 23.2 Å². The number of carbonyl (C=O) groups is 3. The fourth-order valence-corrected chi connectivity index (χ4v) is 4.48. The van der Waals surface area contributed by atoms with Crippen molar-refractivity contribution in [3.63, 3.8) is 0 Å². The van der Waals surface area contributed by atoms with Crippen LogP contribution < -0.4 is 20.9 Å². The van der Waals surface area contributed by atoms with E-state index < -0.39 is 35.4 Å². The van der Waals surface area contributed by atoms with Gasteiger partial charge < -0.3 is 10.2 Å². The van der Waals surface area contributed by atoms with E-state index in [1.165, 1.54) is 12.1 Å². The SMILES string of the molecule is O=C1CCC(c2c(F)cc(N3CC(NC(=O)Nc4cc(-c5ccccc5)ccn4)C3)cc2F)C(=O)N1. The number of anilines is 2. The molecule has 1 unspecified atom stereocenters. The zero-order valence-corrected chi connectivity index (χ0v) is 19.1. The molecule has 5 rings (SSSR count). The number of benzene rings is 2. The fourth-order valence-electron chi connectivity index (χ4n) is 4.48. The number of imide groups is 1. The lowest BCUT2D eigenvalue weighted by Crippen LogP contribution is -2.60. The van der Waals surface area contributed by atoms with Crippen LogP contribution in [0.25, 0.3) is 11.1 Å². The average molecular weight is 491 g/mol. The number of halogens is 2. The summed E-state index contributed by atoms with van der Waals surface area (Å²) in [6, 6.07) is 15.0. The van der Waals surface area contributed by atoms with E-state index in [9.17, 15) is 23.2 Å². The molecule has 3 heterocycles. The molecule has 2 fully saturated rings. The van der Waals surface area contributed by atoms with Crippen LogP contribution in [0, 0.1) is 11.6 Å². The Morgan fingerprint density at radius 2 is 1.72 bits per heavy atom. The molecule has 0 bridgehead atoms. The number of piperidine rings is 1. The lowest BCUT2D eigenvalue weighted by molar-refractivity contribution is -0.134. The summed E-state index contributed by atoms with van der Waals surface area (Å²) in [4.78, 5) is 41.7. The van der Waals surface area contributed by atoms with Gasteiger partial charge in [-0.2, -0.15) is 0 Å². The average Bonchev–Trinajstić information content (AvgIpc) is 2.82. The monoisotopic (exact) mass is 491 g/mol. The minimum atomic E-state index is -1.04. The molecule has 0 aliphatic carbocycles. The lowest BCUT2D eigenvalue weighted by Gasteiger charge is -2.41. The topological polar surface area (TPSA) is 103 Å². The van der Waals surface area contributed by atoms with Crippen LogP contribution in [0.4, 0.5) is 25.1 Å². The van der Waals surface area contributed by atoms with Gasteiger partial charge in [0, 0.05) is 37.0 Å². The number of hydrogen-bond donors (Lipinski definition) is 3. The molecule has 0 radical (unpaired) electrons. The van der Waals surface area contributed by atoms with Gasteiger partial charge in [-0.05, 0) is 41.8 Å². The van der Waals surface area contributed by atoms with Gasteiger partial charge in [0.25, 0.3) is 0 Å². The van der Waals surface area contributed by atoms with Crippen molar-refractivity contribution >= 4 is 29.4 Å². The maximum absolute atomic E-state index is 14.8. The van der Waals surface area contributed by atoms with Gasteiger partial charge in [-0.3, -0.25) is 20.2 Å². The molecule has 2 aromatic carbocycles. The molecule has 0 spiro atoms. The van der Waals surface area contributed by atoms with Gasteiger partial charge in [-0.1, -0.05) is 30.3 Å². The normalized spacial score (nSPS) is 17.8. The van der Waals surface area contributed by atoms with Gasteiger partial charge in [0.1, 0.15) is 17.5 Å². The van der Waals surface area contributed by atoms with Crippen molar-refractivity contribution in [3.05, 3.63) is 78.0 Å². The first-order valence-corrected chi connectivity index (χ1v) is 11.5. The Balaban J connectivity index is 1.17. The van der Waals surface area contributed by atoms with Crippen LogP contribution in [0.2, 0.25) is 0 Å². The predicted molar refractivity (Wildman–Crippen MR) is 129 cm³/mol. The van der Waals surface area contributed by atoms with E-state index in [4.69, 9.17) is 0 Å². The molecular formula is C26H23F2N5O3. The second kappa shape index (κ2) is 9.73. The van der Waals surface area contributed by atoms with E-state index in [1.807, 2.05) is 36.4 Å². The third-order valence-corrected chi connectivity index (χ3v) is 6.34. The highest BCUT2D eigenvalue weighted by Gasteiger charge is 2.34. The summed E-state index contributed by atoms with van der Waals surface area (Å²) < 4.78 is 29.5. The van der Waals surface area contributed by atoms with Crippen LogP contribution in [0.5, 0.6) is 0 Å². The molecule has 3 aromatic rings. The van der Waals surface area contributed by atoms with Crippen molar-refractivity contribution in [3.8, 4) is 11.1 Å². The van der Waals surface area contributed by atoms with Crippen molar-refractivity contribution in [1.29, 1.82) is 0 Å². The van der Waals surface area contributed by atoms with E-state index in [-0.39, 0.29) is 24.4 Å². The number of aromatic nitrogens is 1. The standard InChI is InChI=1S/C26H23F2N5O3/c27-20-11-18(12-21(28)24(20)19-6-7-23(34)32-25(19)35)33-13-17(14-33)30-26(36)31-22-10-16(8-9-29-22)15-4-2-1-3-5-15/h1-5,8-12,17,19H,6-7,13-14H2,(H,32,34,35)(H2,29,30,31,36). The molecule has 1 atom stereocenters. The Bertz CT molecular complexity index is 1310. The van der Waals surface area contributed by atoms with Gasteiger partial charge in [0.15, 0.2) is 0 Å². The van der Waals surface area contributed by atoms with Gasteiger partial charge in [-0.25, -0.2) is 18.6 Å². The number of carbonyl (C=O) groups excluding carboxylic acids is 3. The summed E-state index contributed by atoms with van der Waals surface area (Å²) in [7, 11) is 0. The summed E-state index contributed by atoms with van der Waals surface area (Å²) in [5.41, 5.74) is 1.90. The Labute approximate surface area is 205 Å². The van der Waals surface area contributed by atoms with Gasteiger partial charge in [-0.15, -0.1) is 0 Å². The molecule has 3 N–H and O–H groups in total. The molecule has 8 nitrogen and oxygen atoms in total. The Morgan fingerprint density at radius 1 is 1.00 bits per heavy atom. The number of nitrogens with zero attached hydrogens (tertiary/aromatic N) is 2. The molecule has 10 heteroatoms. The molecule has 36 heavy (non-hydrogen) atoms. The molecule has 2 saturated heterocycles. The molecular weight excluding hydrogens is 468 g/mol. The van der Waals surface area contributed by atoms with E-state index >= 15 is 0 Å². The number of urea groups is 1. The second-order valence-corrected chi connectivity index (χ2v) is 8.82. The smallest absolute Gasteiger partial charge is 0.320 e. The Morgan fingerprint density at radius 3 is 2.42 bits per heavy atom. The highest BCUT2D eigenvalue weighted by atomic mass is 19.1. The summed E-state index contributed by atoms with van der Waals surface area (Å²) in [5, 5.41) is 7.66.